The van der Waals surface area contributed by atoms with Crippen LogP contribution in [0.5, 0.6) is 0 Å². The monoisotopic (exact) mass is 452 g/mol. The topological polar surface area (TPSA) is 73.0 Å². The van der Waals surface area contributed by atoms with E-state index in [0.29, 0.717) is 33.4 Å². The molecule has 2 heterocycles. The fourth-order valence-electron chi connectivity index (χ4n) is 3.73. The van der Waals surface area contributed by atoms with E-state index in [1.807, 2.05) is 20.8 Å². The van der Waals surface area contributed by atoms with Crippen LogP contribution in [0.25, 0.3) is 0 Å². The van der Waals surface area contributed by atoms with E-state index >= 15 is 0 Å². The minimum absolute atomic E-state index is 0.0264. The lowest BCUT2D eigenvalue weighted by molar-refractivity contribution is -0.132. The van der Waals surface area contributed by atoms with Gasteiger partial charge in [-0.1, -0.05) is 29.3 Å². The molecule has 0 saturated heterocycles. The van der Waals surface area contributed by atoms with Crippen molar-refractivity contribution in [2.45, 2.75) is 39.3 Å². The van der Waals surface area contributed by atoms with Gasteiger partial charge in [-0.3, -0.25) is 14.5 Å². The average molecular weight is 453 g/mol. The number of urea groups is 1. The maximum Gasteiger partial charge on any atom is 0.322 e. The van der Waals surface area contributed by atoms with E-state index in [-0.39, 0.29) is 43.4 Å². The van der Waals surface area contributed by atoms with E-state index in [1.54, 1.807) is 39.9 Å². The van der Waals surface area contributed by atoms with E-state index < -0.39 is 6.04 Å². The highest BCUT2D eigenvalue weighted by atomic mass is 35.5. The number of nitrogens with zero attached hydrogens (tertiary/aromatic N) is 3. The summed E-state index contributed by atoms with van der Waals surface area (Å²) >= 11 is 12.4. The predicted molar refractivity (Wildman–Crippen MR) is 116 cm³/mol. The number of likely N-dealkylation sites (N-methyl/N-ethyl adjacent to an activating group) is 1. The zero-order valence-corrected chi connectivity index (χ0v) is 19.0. The van der Waals surface area contributed by atoms with Crippen LogP contribution >= 0.6 is 23.2 Å². The van der Waals surface area contributed by atoms with E-state index in [2.05, 4.69) is 5.32 Å². The number of rotatable bonds is 6. The van der Waals surface area contributed by atoms with Crippen molar-refractivity contribution >= 4 is 41.0 Å². The van der Waals surface area contributed by atoms with Crippen LogP contribution < -0.4 is 5.32 Å². The van der Waals surface area contributed by atoms with Gasteiger partial charge in [0.25, 0.3) is 5.91 Å². The Bertz CT molecular complexity index is 916. The molecule has 9 heteroatoms. The predicted octanol–water partition coefficient (Wildman–Crippen LogP) is 3.43. The molecule has 4 amide bonds. The Morgan fingerprint density at radius 2 is 2.00 bits per heavy atom. The Kier molecular flexibility index (Phi) is 6.62. The van der Waals surface area contributed by atoms with Crippen molar-refractivity contribution in [3.05, 3.63) is 45.1 Å². The molecule has 0 radical (unpaired) electrons. The molecule has 0 saturated carbocycles. The third-order valence-electron chi connectivity index (χ3n) is 5.65. The smallest absolute Gasteiger partial charge is 0.322 e. The van der Waals surface area contributed by atoms with Crippen LogP contribution in [0.4, 0.5) is 4.79 Å². The fraction of sp³-hybridized carbons (Fsp3) is 0.476. The molecule has 0 spiro atoms. The number of benzene rings is 1. The molecule has 1 atom stereocenters. The second-order valence-electron chi connectivity index (χ2n) is 7.73. The van der Waals surface area contributed by atoms with Gasteiger partial charge in [-0.15, -0.1) is 0 Å². The zero-order chi connectivity index (χ0) is 22.2. The number of amides is 4. The van der Waals surface area contributed by atoms with Crippen molar-refractivity contribution in [1.29, 1.82) is 0 Å². The number of halogens is 2. The van der Waals surface area contributed by atoms with Crippen molar-refractivity contribution in [1.82, 2.24) is 20.0 Å². The first-order valence-electron chi connectivity index (χ1n) is 9.96. The number of hydrogen-bond acceptors (Lipinski definition) is 3. The molecule has 0 aliphatic carbocycles. The van der Waals surface area contributed by atoms with Crippen LogP contribution in [0.2, 0.25) is 10.0 Å². The van der Waals surface area contributed by atoms with Crippen LogP contribution in [-0.4, -0.2) is 65.3 Å². The Balaban J connectivity index is 1.88. The first-order valence-corrected chi connectivity index (χ1v) is 10.7. The van der Waals surface area contributed by atoms with Gasteiger partial charge in [-0.2, -0.15) is 0 Å². The maximum atomic E-state index is 13.3. The van der Waals surface area contributed by atoms with Crippen molar-refractivity contribution in [3.63, 3.8) is 0 Å². The van der Waals surface area contributed by atoms with Gasteiger partial charge < -0.3 is 15.1 Å². The first-order chi connectivity index (χ1) is 14.1. The largest absolute Gasteiger partial charge is 0.343 e. The molecule has 0 aromatic heterocycles. The van der Waals surface area contributed by atoms with Gasteiger partial charge in [-0.25, -0.2) is 4.79 Å². The molecule has 1 aromatic rings. The molecule has 0 unspecified atom stereocenters. The van der Waals surface area contributed by atoms with Gasteiger partial charge in [0, 0.05) is 42.6 Å². The third-order valence-corrected chi connectivity index (χ3v) is 6.21. The second-order valence-corrected chi connectivity index (χ2v) is 8.57. The highest BCUT2D eigenvalue weighted by Crippen LogP contribution is 2.39. The Morgan fingerprint density at radius 1 is 1.30 bits per heavy atom. The van der Waals surface area contributed by atoms with Crippen LogP contribution in [-0.2, 0) is 9.59 Å². The molecule has 2 aliphatic heterocycles. The lowest BCUT2D eigenvalue weighted by Crippen LogP contribution is -2.47. The summed E-state index contributed by atoms with van der Waals surface area (Å²) < 4.78 is 0. The standard InChI is InChI=1S/C21H26Cl2N4O3/c1-5-27-16-11-26(9-8-17(28)25(4)12(2)3)20(29)18(16)19(24-21(27)30)14-7-6-13(22)10-15(14)23/h6-7,10,12,19H,5,8-9,11H2,1-4H3,(H,24,30)/t19-/m1/s1. The summed E-state index contributed by atoms with van der Waals surface area (Å²) in [5.41, 5.74) is 1.76. The van der Waals surface area contributed by atoms with Crippen molar-refractivity contribution < 1.29 is 14.4 Å². The summed E-state index contributed by atoms with van der Waals surface area (Å²) in [7, 11) is 1.75. The molecular formula is C21H26Cl2N4O3. The van der Waals surface area contributed by atoms with E-state index in [1.165, 1.54) is 0 Å². The molecule has 1 N–H and O–H groups in total. The SMILES string of the molecule is CCN1C(=O)N[C@H](c2ccc(Cl)cc2Cl)C2=C1CN(CCC(=O)N(C)C(C)C)C2=O. The molecule has 30 heavy (non-hydrogen) atoms. The summed E-state index contributed by atoms with van der Waals surface area (Å²) in [5, 5.41) is 3.75. The normalized spacial score (nSPS) is 18.8. The number of carbonyl (C=O) groups excluding carboxylic acids is 3. The fourth-order valence-corrected chi connectivity index (χ4v) is 4.24. The highest BCUT2D eigenvalue weighted by Gasteiger charge is 2.44. The van der Waals surface area contributed by atoms with E-state index in [0.717, 1.165) is 0 Å². The van der Waals surface area contributed by atoms with Crippen LogP contribution in [0.3, 0.4) is 0 Å². The molecule has 2 aliphatic rings. The zero-order valence-electron chi connectivity index (χ0n) is 17.5. The van der Waals surface area contributed by atoms with Crippen LogP contribution in [0, 0.1) is 0 Å². The molecule has 7 nitrogen and oxygen atoms in total. The summed E-state index contributed by atoms with van der Waals surface area (Å²) in [5.74, 6) is -0.221. The number of nitrogens with one attached hydrogen (secondary N) is 1. The minimum Gasteiger partial charge on any atom is -0.343 e. The lowest BCUT2D eigenvalue weighted by atomic mass is 9.95. The lowest BCUT2D eigenvalue weighted by Gasteiger charge is -2.33. The third kappa shape index (κ3) is 4.14. The molecule has 0 fully saturated rings. The summed E-state index contributed by atoms with van der Waals surface area (Å²) in [6.07, 6.45) is 0.223. The number of carbonyl (C=O) groups is 3. The molecule has 0 bridgehead atoms. The van der Waals surface area contributed by atoms with Gasteiger partial charge in [-0.05, 0) is 38.5 Å². The van der Waals surface area contributed by atoms with E-state index in [4.69, 9.17) is 23.2 Å². The Hall–Kier alpha value is -2.25. The molecule has 1 aromatic carbocycles. The van der Waals surface area contributed by atoms with E-state index in [9.17, 15) is 14.4 Å². The molecule has 3 rings (SSSR count). The minimum atomic E-state index is -0.661. The molecular weight excluding hydrogens is 427 g/mol. The first kappa shape index (κ1) is 22.4. The highest BCUT2D eigenvalue weighted by molar-refractivity contribution is 6.35. The summed E-state index contributed by atoms with van der Waals surface area (Å²) in [6.45, 7) is 6.74. The maximum absolute atomic E-state index is 13.3. The quantitative estimate of drug-likeness (QED) is 0.718. The Morgan fingerprint density at radius 3 is 2.60 bits per heavy atom. The van der Waals surface area contributed by atoms with Crippen molar-refractivity contribution in [2.24, 2.45) is 0 Å². The summed E-state index contributed by atoms with van der Waals surface area (Å²) in [6, 6.07) is 4.14. The second kappa shape index (κ2) is 8.86. The van der Waals surface area contributed by atoms with Gasteiger partial charge in [0.15, 0.2) is 0 Å². The van der Waals surface area contributed by atoms with Gasteiger partial charge in [0.1, 0.15) is 0 Å². The van der Waals surface area contributed by atoms with Gasteiger partial charge in [0.2, 0.25) is 5.91 Å². The number of hydrogen-bond donors (Lipinski definition) is 1. The van der Waals surface area contributed by atoms with Crippen molar-refractivity contribution in [3.8, 4) is 0 Å². The van der Waals surface area contributed by atoms with Gasteiger partial charge >= 0.3 is 6.03 Å². The van der Waals surface area contributed by atoms with Crippen LogP contribution in [0.15, 0.2) is 29.5 Å². The summed E-state index contributed by atoms with van der Waals surface area (Å²) in [4.78, 5) is 43.2. The van der Waals surface area contributed by atoms with Gasteiger partial charge in [0.05, 0.1) is 23.9 Å². The average Bonchev–Trinajstić information content (AvgIpc) is 3.01. The van der Waals surface area contributed by atoms with Crippen molar-refractivity contribution in [2.75, 3.05) is 26.7 Å². The van der Waals surface area contributed by atoms with Crippen LogP contribution in [0.1, 0.15) is 38.8 Å². The Labute approximate surface area is 186 Å². The molecule has 162 valence electrons.